The van der Waals surface area contributed by atoms with Crippen LogP contribution >= 0.6 is 0 Å². The number of hydrogen-bond acceptors (Lipinski definition) is 4. The highest BCUT2D eigenvalue weighted by Crippen LogP contribution is 2.41. The van der Waals surface area contributed by atoms with Gasteiger partial charge in [0.25, 0.3) is 0 Å². The molecule has 0 bridgehead atoms. The second-order valence-corrected chi connectivity index (χ2v) is 4.63. The van der Waals surface area contributed by atoms with Gasteiger partial charge in [-0.15, -0.1) is 0 Å². The second kappa shape index (κ2) is 5.96. The largest absolute Gasteiger partial charge is 0.396 e. The highest BCUT2D eigenvalue weighted by atomic mass is 16.7. The van der Waals surface area contributed by atoms with Gasteiger partial charge in [-0.05, 0) is 31.6 Å². The molecule has 4 heteroatoms. The van der Waals surface area contributed by atoms with E-state index < -0.39 is 0 Å². The molecule has 2 aliphatic rings. The lowest BCUT2D eigenvalue weighted by molar-refractivity contribution is -0.117. The zero-order chi connectivity index (χ0) is 11.4. The first-order chi connectivity index (χ1) is 7.86. The molecule has 0 amide bonds. The highest BCUT2D eigenvalue weighted by Gasteiger charge is 2.43. The maximum absolute atomic E-state index is 9.39. The van der Waals surface area contributed by atoms with Gasteiger partial charge < -0.3 is 19.3 Å². The summed E-state index contributed by atoms with van der Waals surface area (Å²) in [4.78, 5) is 0. The van der Waals surface area contributed by atoms with Crippen molar-refractivity contribution in [2.75, 3.05) is 33.0 Å². The standard InChI is InChI=1S/C12H22O4/c1-2-14-8-10-4-3-9(7-13)11(10)12-15-5-6-16-12/h9-13H,2-8H2,1H3. The van der Waals surface area contributed by atoms with Crippen molar-refractivity contribution in [3.05, 3.63) is 0 Å². The van der Waals surface area contributed by atoms with Gasteiger partial charge >= 0.3 is 0 Å². The molecule has 0 spiro atoms. The summed E-state index contributed by atoms with van der Waals surface area (Å²) in [5, 5.41) is 9.39. The zero-order valence-corrected chi connectivity index (χ0v) is 9.93. The molecule has 1 aliphatic carbocycles. The Labute approximate surface area is 96.9 Å². The van der Waals surface area contributed by atoms with Gasteiger partial charge in [-0.3, -0.25) is 0 Å². The average molecular weight is 230 g/mol. The Morgan fingerprint density at radius 2 is 1.88 bits per heavy atom. The van der Waals surface area contributed by atoms with Crippen LogP contribution in [0.3, 0.4) is 0 Å². The monoisotopic (exact) mass is 230 g/mol. The number of rotatable bonds is 5. The van der Waals surface area contributed by atoms with Gasteiger partial charge in [0.1, 0.15) is 0 Å². The fraction of sp³-hybridized carbons (Fsp3) is 1.00. The highest BCUT2D eigenvalue weighted by molar-refractivity contribution is 4.87. The van der Waals surface area contributed by atoms with E-state index in [-0.39, 0.29) is 12.9 Å². The topological polar surface area (TPSA) is 47.9 Å². The maximum atomic E-state index is 9.39. The van der Waals surface area contributed by atoms with E-state index in [1.54, 1.807) is 0 Å². The molecule has 1 aliphatic heterocycles. The summed E-state index contributed by atoms with van der Waals surface area (Å²) >= 11 is 0. The fourth-order valence-corrected chi connectivity index (χ4v) is 2.92. The molecule has 1 N–H and O–H groups in total. The second-order valence-electron chi connectivity index (χ2n) is 4.63. The molecule has 0 radical (unpaired) electrons. The Balaban J connectivity index is 1.95. The van der Waals surface area contributed by atoms with Gasteiger partial charge in [0.05, 0.1) is 13.2 Å². The van der Waals surface area contributed by atoms with Crippen LogP contribution in [0.25, 0.3) is 0 Å². The van der Waals surface area contributed by atoms with E-state index in [0.717, 1.165) is 26.1 Å². The molecule has 1 saturated carbocycles. The van der Waals surface area contributed by atoms with Gasteiger partial charge in [-0.2, -0.15) is 0 Å². The van der Waals surface area contributed by atoms with Gasteiger partial charge in [-0.25, -0.2) is 0 Å². The number of aliphatic hydroxyl groups is 1. The quantitative estimate of drug-likeness (QED) is 0.766. The average Bonchev–Trinajstić information content (AvgIpc) is 2.94. The molecule has 94 valence electrons. The zero-order valence-electron chi connectivity index (χ0n) is 9.93. The predicted octanol–water partition coefficient (Wildman–Crippen LogP) is 1.03. The molecule has 0 aromatic rings. The van der Waals surface area contributed by atoms with Crippen LogP contribution in [0, 0.1) is 17.8 Å². The van der Waals surface area contributed by atoms with Crippen molar-refractivity contribution in [1.29, 1.82) is 0 Å². The lowest BCUT2D eigenvalue weighted by atomic mass is 9.89. The van der Waals surface area contributed by atoms with E-state index in [2.05, 4.69) is 0 Å². The molecule has 0 aromatic carbocycles. The van der Waals surface area contributed by atoms with E-state index in [1.807, 2.05) is 6.92 Å². The summed E-state index contributed by atoms with van der Waals surface area (Å²) in [5.41, 5.74) is 0. The molecule has 16 heavy (non-hydrogen) atoms. The lowest BCUT2D eigenvalue weighted by Gasteiger charge is -2.27. The number of hydrogen-bond donors (Lipinski definition) is 1. The maximum Gasteiger partial charge on any atom is 0.161 e. The Bertz CT molecular complexity index is 203. The first-order valence-electron chi connectivity index (χ1n) is 6.28. The molecular formula is C12H22O4. The van der Waals surface area contributed by atoms with Crippen LogP contribution in [0.2, 0.25) is 0 Å². The summed E-state index contributed by atoms with van der Waals surface area (Å²) in [7, 11) is 0. The van der Waals surface area contributed by atoms with E-state index in [9.17, 15) is 5.11 Å². The normalized spacial score (nSPS) is 36.0. The van der Waals surface area contributed by atoms with Crippen molar-refractivity contribution < 1.29 is 19.3 Å². The van der Waals surface area contributed by atoms with Gasteiger partial charge in [0.15, 0.2) is 6.29 Å². The molecule has 2 rings (SSSR count). The number of aliphatic hydroxyl groups excluding tert-OH is 1. The fourth-order valence-electron chi connectivity index (χ4n) is 2.92. The third-order valence-electron chi connectivity index (χ3n) is 3.73. The van der Waals surface area contributed by atoms with E-state index in [4.69, 9.17) is 14.2 Å². The van der Waals surface area contributed by atoms with Crippen LogP contribution in [-0.2, 0) is 14.2 Å². The van der Waals surface area contributed by atoms with Crippen LogP contribution in [0.5, 0.6) is 0 Å². The van der Waals surface area contributed by atoms with Crippen molar-refractivity contribution >= 4 is 0 Å². The molecule has 4 nitrogen and oxygen atoms in total. The molecule has 1 heterocycles. The summed E-state index contributed by atoms with van der Waals surface area (Å²) < 4.78 is 16.7. The van der Waals surface area contributed by atoms with Crippen molar-refractivity contribution in [2.24, 2.45) is 17.8 Å². The van der Waals surface area contributed by atoms with Gasteiger partial charge in [0, 0.05) is 25.7 Å². The van der Waals surface area contributed by atoms with E-state index in [0.29, 0.717) is 31.0 Å². The Morgan fingerprint density at radius 1 is 1.19 bits per heavy atom. The minimum Gasteiger partial charge on any atom is -0.396 e. The number of ether oxygens (including phenoxy) is 3. The summed E-state index contributed by atoms with van der Waals surface area (Å²) in [6.45, 7) is 5.12. The summed E-state index contributed by atoms with van der Waals surface area (Å²) in [6.07, 6.45) is 2.05. The minimum absolute atomic E-state index is 0.120. The van der Waals surface area contributed by atoms with Crippen molar-refractivity contribution in [2.45, 2.75) is 26.1 Å². The Hall–Kier alpha value is -0.160. The molecule has 3 unspecified atom stereocenters. The van der Waals surface area contributed by atoms with Crippen LogP contribution in [0.1, 0.15) is 19.8 Å². The van der Waals surface area contributed by atoms with Gasteiger partial charge in [0.2, 0.25) is 0 Å². The third kappa shape index (κ3) is 2.56. The molecule has 2 fully saturated rings. The smallest absolute Gasteiger partial charge is 0.161 e. The molecule has 0 aromatic heterocycles. The van der Waals surface area contributed by atoms with Crippen molar-refractivity contribution in [3.8, 4) is 0 Å². The SMILES string of the molecule is CCOCC1CCC(CO)C1C1OCCO1. The Kier molecular flexibility index (Phi) is 4.58. The first kappa shape index (κ1) is 12.3. The molecule has 1 saturated heterocycles. The van der Waals surface area contributed by atoms with Crippen molar-refractivity contribution in [3.63, 3.8) is 0 Å². The van der Waals surface area contributed by atoms with Gasteiger partial charge in [-0.1, -0.05) is 0 Å². The van der Waals surface area contributed by atoms with Crippen LogP contribution < -0.4 is 0 Å². The van der Waals surface area contributed by atoms with Crippen molar-refractivity contribution in [1.82, 2.24) is 0 Å². The predicted molar refractivity (Wildman–Crippen MR) is 59.0 cm³/mol. The molecule has 3 atom stereocenters. The van der Waals surface area contributed by atoms with Crippen LogP contribution in [-0.4, -0.2) is 44.4 Å². The minimum atomic E-state index is -0.120. The van der Waals surface area contributed by atoms with E-state index >= 15 is 0 Å². The summed E-state index contributed by atoms with van der Waals surface area (Å²) in [6, 6.07) is 0. The molecular weight excluding hydrogens is 208 g/mol. The van der Waals surface area contributed by atoms with Crippen LogP contribution in [0.4, 0.5) is 0 Å². The lowest BCUT2D eigenvalue weighted by Crippen LogP contribution is -2.33. The Morgan fingerprint density at radius 3 is 2.50 bits per heavy atom. The first-order valence-corrected chi connectivity index (χ1v) is 6.28. The third-order valence-corrected chi connectivity index (χ3v) is 3.73. The summed E-state index contributed by atoms with van der Waals surface area (Å²) in [5.74, 6) is 1.09. The van der Waals surface area contributed by atoms with E-state index in [1.165, 1.54) is 0 Å². The van der Waals surface area contributed by atoms with Crippen LogP contribution in [0.15, 0.2) is 0 Å².